The average Bonchev–Trinajstić information content (AvgIpc) is 2.54. The van der Waals surface area contributed by atoms with Gasteiger partial charge in [-0.25, -0.2) is 0 Å². The van der Waals surface area contributed by atoms with Crippen LogP contribution in [-0.2, 0) is 4.79 Å². The normalized spacial score (nSPS) is 11.8. The lowest BCUT2D eigenvalue weighted by atomic mass is 10.2. The van der Waals surface area contributed by atoms with E-state index in [0.29, 0.717) is 6.42 Å². The van der Waals surface area contributed by atoms with Crippen LogP contribution in [-0.4, -0.2) is 17.8 Å². The van der Waals surface area contributed by atoms with E-state index in [0.717, 1.165) is 27.6 Å². The van der Waals surface area contributed by atoms with E-state index in [4.69, 9.17) is 4.74 Å². The van der Waals surface area contributed by atoms with Crippen molar-refractivity contribution in [3.05, 3.63) is 54.1 Å². The van der Waals surface area contributed by atoms with Gasteiger partial charge in [0.15, 0.2) is 6.10 Å². The zero-order valence-electron chi connectivity index (χ0n) is 13.8. The fraction of sp³-hybridized carbons (Fsp3) is 0.316. The molecule has 0 spiro atoms. The first-order chi connectivity index (χ1) is 11.1. The Morgan fingerprint density at radius 1 is 1.17 bits per heavy atom. The third-order valence-electron chi connectivity index (χ3n) is 3.38. The van der Waals surface area contributed by atoms with Crippen molar-refractivity contribution < 1.29 is 9.53 Å². The number of aryl methyl sites for hydroxylation is 1. The molecule has 0 aliphatic heterocycles. The summed E-state index contributed by atoms with van der Waals surface area (Å²) in [6, 6.07) is 15.6. The molecule has 2 aromatic rings. The number of amides is 1. The summed E-state index contributed by atoms with van der Waals surface area (Å²) in [6.45, 7) is 6.05. The van der Waals surface area contributed by atoms with Gasteiger partial charge in [-0.1, -0.05) is 38.1 Å². The Hall–Kier alpha value is -1.94. The van der Waals surface area contributed by atoms with E-state index in [1.165, 1.54) is 0 Å². The minimum Gasteiger partial charge on any atom is -0.481 e. The molecule has 0 unspecified atom stereocenters. The molecule has 0 aliphatic rings. The predicted molar refractivity (Wildman–Crippen MR) is 97.4 cm³/mol. The number of benzene rings is 2. The quantitative estimate of drug-likeness (QED) is 0.734. The number of para-hydroxylation sites is 1. The first kappa shape index (κ1) is 17.4. The van der Waals surface area contributed by atoms with Gasteiger partial charge in [-0.2, -0.15) is 0 Å². The molecule has 0 heterocycles. The lowest BCUT2D eigenvalue weighted by Gasteiger charge is -2.18. The van der Waals surface area contributed by atoms with Crippen molar-refractivity contribution in [2.24, 2.45) is 0 Å². The highest BCUT2D eigenvalue weighted by Crippen LogP contribution is 2.27. The number of rotatable bonds is 7. The van der Waals surface area contributed by atoms with E-state index < -0.39 is 6.10 Å². The molecule has 0 saturated carbocycles. The molecule has 0 aromatic heterocycles. The zero-order valence-corrected chi connectivity index (χ0v) is 14.7. The summed E-state index contributed by atoms with van der Waals surface area (Å²) < 4.78 is 5.86. The lowest BCUT2D eigenvalue weighted by molar-refractivity contribution is -0.122. The van der Waals surface area contributed by atoms with Crippen molar-refractivity contribution in [1.29, 1.82) is 0 Å². The van der Waals surface area contributed by atoms with Crippen molar-refractivity contribution in [3.63, 3.8) is 0 Å². The van der Waals surface area contributed by atoms with Crippen LogP contribution in [0.25, 0.3) is 0 Å². The Kier molecular flexibility index (Phi) is 6.53. The molecule has 1 amide bonds. The second-order valence-electron chi connectivity index (χ2n) is 5.25. The standard InChI is InChI=1S/C19H23NO2S/c1-4-17(22-15-10-8-9-14(3)13-15)19(21)20-16-11-6-7-12-18(16)23-5-2/h6-13,17H,4-5H2,1-3H3,(H,20,21)/t17-/m1/s1. The average molecular weight is 329 g/mol. The van der Waals surface area contributed by atoms with Gasteiger partial charge in [0.05, 0.1) is 5.69 Å². The number of thioether (sulfide) groups is 1. The number of hydrogen-bond acceptors (Lipinski definition) is 3. The van der Waals surface area contributed by atoms with Crippen molar-refractivity contribution >= 4 is 23.4 Å². The van der Waals surface area contributed by atoms with Gasteiger partial charge in [0.25, 0.3) is 5.91 Å². The molecule has 0 fully saturated rings. The van der Waals surface area contributed by atoms with Crippen LogP contribution in [0.1, 0.15) is 25.8 Å². The maximum atomic E-state index is 12.5. The Balaban J connectivity index is 2.08. The number of nitrogens with one attached hydrogen (secondary N) is 1. The Morgan fingerprint density at radius 2 is 1.96 bits per heavy atom. The van der Waals surface area contributed by atoms with Gasteiger partial charge in [0, 0.05) is 4.90 Å². The maximum absolute atomic E-state index is 12.5. The topological polar surface area (TPSA) is 38.3 Å². The summed E-state index contributed by atoms with van der Waals surface area (Å²) in [5.41, 5.74) is 1.96. The summed E-state index contributed by atoms with van der Waals surface area (Å²) in [5, 5.41) is 3.00. The highest BCUT2D eigenvalue weighted by Gasteiger charge is 2.19. The van der Waals surface area contributed by atoms with Crippen molar-refractivity contribution in [1.82, 2.24) is 0 Å². The van der Waals surface area contributed by atoms with E-state index in [2.05, 4.69) is 12.2 Å². The number of hydrogen-bond donors (Lipinski definition) is 1. The van der Waals surface area contributed by atoms with Crippen LogP contribution in [0.3, 0.4) is 0 Å². The van der Waals surface area contributed by atoms with Crippen LogP contribution in [0.5, 0.6) is 5.75 Å². The Labute approximate surface area is 142 Å². The fourth-order valence-electron chi connectivity index (χ4n) is 2.24. The monoisotopic (exact) mass is 329 g/mol. The second-order valence-corrected chi connectivity index (χ2v) is 6.56. The van der Waals surface area contributed by atoms with E-state index >= 15 is 0 Å². The summed E-state index contributed by atoms with van der Waals surface area (Å²) in [4.78, 5) is 13.6. The van der Waals surface area contributed by atoms with Gasteiger partial charge >= 0.3 is 0 Å². The molecule has 1 atom stereocenters. The van der Waals surface area contributed by atoms with Crippen LogP contribution >= 0.6 is 11.8 Å². The number of anilines is 1. The molecule has 0 aliphatic carbocycles. The predicted octanol–water partition coefficient (Wildman–Crippen LogP) is 4.90. The molecule has 0 radical (unpaired) electrons. The summed E-state index contributed by atoms with van der Waals surface area (Å²) in [7, 11) is 0. The van der Waals surface area contributed by atoms with Crippen molar-refractivity contribution in [3.8, 4) is 5.75 Å². The van der Waals surface area contributed by atoms with E-state index in [1.54, 1.807) is 11.8 Å². The van der Waals surface area contributed by atoms with E-state index in [9.17, 15) is 4.79 Å². The van der Waals surface area contributed by atoms with Gasteiger partial charge < -0.3 is 10.1 Å². The van der Waals surface area contributed by atoms with Crippen molar-refractivity contribution in [2.75, 3.05) is 11.1 Å². The first-order valence-corrected chi connectivity index (χ1v) is 8.88. The Morgan fingerprint density at radius 3 is 2.65 bits per heavy atom. The summed E-state index contributed by atoms with van der Waals surface area (Å²) in [6.07, 6.45) is 0.111. The third kappa shape index (κ3) is 5.03. The summed E-state index contributed by atoms with van der Waals surface area (Å²) in [5.74, 6) is 1.57. The van der Waals surface area contributed by atoms with Crippen LogP contribution in [0, 0.1) is 6.92 Å². The Bertz CT molecular complexity index is 657. The highest BCUT2D eigenvalue weighted by molar-refractivity contribution is 7.99. The van der Waals surface area contributed by atoms with Crippen LogP contribution in [0.2, 0.25) is 0 Å². The minimum atomic E-state index is -0.503. The molecular formula is C19H23NO2S. The lowest BCUT2D eigenvalue weighted by Crippen LogP contribution is -2.32. The van der Waals surface area contributed by atoms with Gasteiger partial charge in [-0.15, -0.1) is 11.8 Å². The molecular weight excluding hydrogens is 306 g/mol. The maximum Gasteiger partial charge on any atom is 0.265 e. The smallest absolute Gasteiger partial charge is 0.265 e. The van der Waals surface area contributed by atoms with Gasteiger partial charge in [-0.3, -0.25) is 4.79 Å². The largest absolute Gasteiger partial charge is 0.481 e. The van der Waals surface area contributed by atoms with E-state index in [-0.39, 0.29) is 5.91 Å². The molecule has 2 rings (SSSR count). The summed E-state index contributed by atoms with van der Waals surface area (Å²) >= 11 is 1.71. The first-order valence-electron chi connectivity index (χ1n) is 7.90. The molecule has 0 saturated heterocycles. The van der Waals surface area contributed by atoms with E-state index in [1.807, 2.05) is 62.4 Å². The molecule has 2 aromatic carbocycles. The molecule has 1 N–H and O–H groups in total. The van der Waals surface area contributed by atoms with Crippen LogP contribution < -0.4 is 10.1 Å². The van der Waals surface area contributed by atoms with Crippen LogP contribution in [0.15, 0.2) is 53.4 Å². The molecule has 23 heavy (non-hydrogen) atoms. The second kappa shape index (κ2) is 8.63. The zero-order chi connectivity index (χ0) is 16.7. The van der Waals surface area contributed by atoms with Crippen LogP contribution in [0.4, 0.5) is 5.69 Å². The minimum absolute atomic E-state index is 0.113. The third-order valence-corrected chi connectivity index (χ3v) is 4.33. The molecule has 4 heteroatoms. The number of ether oxygens (including phenoxy) is 1. The van der Waals surface area contributed by atoms with Gasteiger partial charge in [0.2, 0.25) is 0 Å². The highest BCUT2D eigenvalue weighted by atomic mass is 32.2. The van der Waals surface area contributed by atoms with Crippen molar-refractivity contribution in [2.45, 2.75) is 38.2 Å². The molecule has 0 bridgehead atoms. The molecule has 122 valence electrons. The SMILES string of the molecule is CCSc1ccccc1NC(=O)[C@@H](CC)Oc1cccc(C)c1. The van der Waals surface area contributed by atoms with Gasteiger partial charge in [-0.05, 0) is 48.9 Å². The molecule has 3 nitrogen and oxygen atoms in total. The van der Waals surface area contributed by atoms with Gasteiger partial charge in [0.1, 0.15) is 5.75 Å². The number of carbonyl (C=O) groups excluding carboxylic acids is 1. The number of carbonyl (C=O) groups is 1. The fourth-order valence-corrected chi connectivity index (χ4v) is 3.00.